The summed E-state index contributed by atoms with van der Waals surface area (Å²) in [6.07, 6.45) is 0. The molecule has 2 aromatic carbocycles. The van der Waals surface area contributed by atoms with Crippen molar-refractivity contribution in [2.75, 3.05) is 0 Å². The molecule has 0 unspecified atom stereocenters. The molecule has 0 spiro atoms. The number of para-hydroxylation sites is 2. The standard InChI is InChI=1S/C13H11O.BrH.Zn/c1-11-7-5-6-10-13(11)14-12-8-3-2-4-9-12;;/h2-10H,1H2;1H;/q-1;;+2/p-1. The normalized spacial score (nSPS) is 8.50. The molecule has 0 aromatic heterocycles. The Labute approximate surface area is 119 Å². The van der Waals surface area contributed by atoms with Crippen LogP contribution in [0.4, 0.5) is 0 Å². The zero-order valence-electron chi connectivity index (χ0n) is 8.90. The van der Waals surface area contributed by atoms with Gasteiger partial charge in [0.15, 0.2) is 0 Å². The Morgan fingerprint density at radius 1 is 0.812 bits per heavy atom. The molecule has 0 aliphatic rings. The second kappa shape index (κ2) is 7.48. The SMILES string of the molecule is [Br-].[CH2-]c1ccccc1Oc1ccccc1.[Zn+2]. The summed E-state index contributed by atoms with van der Waals surface area (Å²) in [5, 5.41) is 0. The van der Waals surface area contributed by atoms with Crippen LogP contribution in [0.15, 0.2) is 54.6 Å². The molecule has 0 aliphatic heterocycles. The molecule has 0 heterocycles. The van der Waals surface area contributed by atoms with E-state index in [2.05, 4.69) is 6.92 Å². The van der Waals surface area contributed by atoms with Gasteiger partial charge in [-0.3, -0.25) is 0 Å². The van der Waals surface area contributed by atoms with Gasteiger partial charge < -0.3 is 21.7 Å². The third kappa shape index (κ3) is 3.99. The first-order chi connectivity index (χ1) is 6.86. The van der Waals surface area contributed by atoms with E-state index in [0.717, 1.165) is 17.1 Å². The molecule has 0 fully saturated rings. The average Bonchev–Trinajstić information content (AvgIpc) is 2.23. The van der Waals surface area contributed by atoms with Crippen molar-refractivity contribution < 1.29 is 41.2 Å². The van der Waals surface area contributed by atoms with E-state index in [9.17, 15) is 0 Å². The second-order valence-corrected chi connectivity index (χ2v) is 3.02. The van der Waals surface area contributed by atoms with Gasteiger partial charge >= 0.3 is 19.5 Å². The maximum Gasteiger partial charge on any atom is 2.00 e. The summed E-state index contributed by atoms with van der Waals surface area (Å²) in [5.74, 6) is 1.64. The van der Waals surface area contributed by atoms with E-state index in [1.165, 1.54) is 0 Å². The van der Waals surface area contributed by atoms with Gasteiger partial charge in [-0.1, -0.05) is 30.3 Å². The van der Waals surface area contributed by atoms with Crippen molar-refractivity contribution in [1.82, 2.24) is 0 Å². The third-order valence-electron chi connectivity index (χ3n) is 1.94. The summed E-state index contributed by atoms with van der Waals surface area (Å²) in [4.78, 5) is 0. The van der Waals surface area contributed by atoms with Crippen molar-refractivity contribution >= 4 is 0 Å². The second-order valence-electron chi connectivity index (χ2n) is 3.02. The van der Waals surface area contributed by atoms with Crippen molar-refractivity contribution in [2.24, 2.45) is 0 Å². The van der Waals surface area contributed by atoms with Gasteiger partial charge in [0.1, 0.15) is 5.75 Å². The van der Waals surface area contributed by atoms with Gasteiger partial charge in [0.2, 0.25) is 0 Å². The molecule has 3 heteroatoms. The number of ether oxygens (including phenoxy) is 1. The monoisotopic (exact) mass is 326 g/mol. The number of rotatable bonds is 2. The number of halogens is 1. The maximum atomic E-state index is 5.65. The first-order valence-corrected chi connectivity index (χ1v) is 4.50. The van der Waals surface area contributed by atoms with Crippen molar-refractivity contribution in [3.63, 3.8) is 0 Å². The summed E-state index contributed by atoms with van der Waals surface area (Å²) in [6, 6.07) is 17.4. The molecule has 0 radical (unpaired) electrons. The minimum Gasteiger partial charge on any atom is -1.00 e. The van der Waals surface area contributed by atoms with Crippen LogP contribution in [-0.4, -0.2) is 0 Å². The zero-order valence-corrected chi connectivity index (χ0v) is 13.4. The van der Waals surface area contributed by atoms with Crippen LogP contribution in [0.25, 0.3) is 0 Å². The molecule has 0 amide bonds. The molecular formula is C13H11BrOZn. The van der Waals surface area contributed by atoms with Crippen LogP contribution in [0, 0.1) is 6.92 Å². The van der Waals surface area contributed by atoms with Gasteiger partial charge in [0.05, 0.1) is 0 Å². The topological polar surface area (TPSA) is 9.23 Å². The van der Waals surface area contributed by atoms with E-state index < -0.39 is 0 Å². The van der Waals surface area contributed by atoms with Crippen LogP contribution in [0.3, 0.4) is 0 Å². The molecule has 0 saturated heterocycles. The molecule has 2 aromatic rings. The molecular weight excluding hydrogens is 317 g/mol. The average molecular weight is 329 g/mol. The minimum absolute atomic E-state index is 0. The van der Waals surface area contributed by atoms with E-state index in [4.69, 9.17) is 4.74 Å². The van der Waals surface area contributed by atoms with E-state index in [1.54, 1.807) is 0 Å². The molecule has 0 saturated carbocycles. The largest absolute Gasteiger partial charge is 2.00 e. The van der Waals surface area contributed by atoms with Gasteiger partial charge in [-0.25, -0.2) is 0 Å². The minimum atomic E-state index is 0. The van der Waals surface area contributed by atoms with Gasteiger partial charge in [0, 0.05) is 5.75 Å². The van der Waals surface area contributed by atoms with Crippen molar-refractivity contribution in [1.29, 1.82) is 0 Å². The Morgan fingerprint density at radius 2 is 1.38 bits per heavy atom. The van der Waals surface area contributed by atoms with E-state index >= 15 is 0 Å². The molecule has 0 bridgehead atoms. The number of hydrogen-bond donors (Lipinski definition) is 0. The molecule has 1 nitrogen and oxygen atoms in total. The number of benzene rings is 2. The van der Waals surface area contributed by atoms with Crippen LogP contribution < -0.4 is 21.7 Å². The smallest absolute Gasteiger partial charge is 1.00 e. The first-order valence-electron chi connectivity index (χ1n) is 4.50. The van der Waals surface area contributed by atoms with Gasteiger partial charge in [-0.2, -0.15) is 18.6 Å². The van der Waals surface area contributed by atoms with Gasteiger partial charge in [0.25, 0.3) is 0 Å². The fourth-order valence-corrected chi connectivity index (χ4v) is 1.22. The summed E-state index contributed by atoms with van der Waals surface area (Å²) in [7, 11) is 0. The zero-order chi connectivity index (χ0) is 9.80. The van der Waals surface area contributed by atoms with Crippen molar-refractivity contribution in [2.45, 2.75) is 0 Å². The van der Waals surface area contributed by atoms with Crippen molar-refractivity contribution in [3.8, 4) is 11.5 Å². The first kappa shape index (κ1) is 15.2. The van der Waals surface area contributed by atoms with Crippen LogP contribution >= 0.6 is 0 Å². The Hall–Kier alpha value is -0.787. The Bertz CT molecular complexity index is 417. The fourth-order valence-electron chi connectivity index (χ4n) is 1.22. The molecule has 0 atom stereocenters. The van der Waals surface area contributed by atoms with Crippen molar-refractivity contribution in [3.05, 3.63) is 67.1 Å². The predicted molar refractivity (Wildman–Crippen MR) is 57.4 cm³/mol. The Kier molecular flexibility index (Phi) is 7.11. The summed E-state index contributed by atoms with van der Waals surface area (Å²) >= 11 is 0. The Balaban J connectivity index is 0.00000112. The molecule has 78 valence electrons. The molecule has 0 aliphatic carbocycles. The van der Waals surface area contributed by atoms with E-state index in [1.807, 2.05) is 54.6 Å². The van der Waals surface area contributed by atoms with E-state index in [-0.39, 0.29) is 36.5 Å². The molecule has 0 N–H and O–H groups in total. The predicted octanol–water partition coefficient (Wildman–Crippen LogP) is 0.663. The molecule has 16 heavy (non-hydrogen) atoms. The Morgan fingerprint density at radius 3 is 2.00 bits per heavy atom. The van der Waals surface area contributed by atoms with Crippen LogP contribution in [0.2, 0.25) is 0 Å². The molecule has 2 rings (SSSR count). The third-order valence-corrected chi connectivity index (χ3v) is 1.94. The van der Waals surface area contributed by atoms with Gasteiger partial charge in [-0.15, -0.1) is 6.07 Å². The van der Waals surface area contributed by atoms with Crippen LogP contribution in [-0.2, 0) is 19.5 Å². The van der Waals surface area contributed by atoms with Crippen LogP contribution in [0.1, 0.15) is 5.56 Å². The summed E-state index contributed by atoms with van der Waals surface area (Å²) in [5.41, 5.74) is 0.899. The number of hydrogen-bond acceptors (Lipinski definition) is 1. The van der Waals surface area contributed by atoms with E-state index in [0.29, 0.717) is 0 Å². The summed E-state index contributed by atoms with van der Waals surface area (Å²) < 4.78 is 5.65. The van der Waals surface area contributed by atoms with Crippen LogP contribution in [0.5, 0.6) is 11.5 Å². The maximum absolute atomic E-state index is 5.65. The quantitative estimate of drug-likeness (QED) is 0.581. The fraction of sp³-hybridized carbons (Fsp3) is 0. The van der Waals surface area contributed by atoms with Gasteiger partial charge in [-0.05, 0) is 12.1 Å². The summed E-state index contributed by atoms with van der Waals surface area (Å²) in [6.45, 7) is 3.89.